The number of pyridine rings is 1. The molecule has 1 aromatic heterocycles. The van der Waals surface area contributed by atoms with Crippen molar-refractivity contribution in [1.29, 1.82) is 0 Å². The third-order valence-corrected chi connectivity index (χ3v) is 2.06. The lowest BCUT2D eigenvalue weighted by molar-refractivity contribution is -0.142. The molecule has 0 radical (unpaired) electrons. The molecule has 1 N–H and O–H groups in total. The Morgan fingerprint density at radius 3 is 3.00 bits per heavy atom. The van der Waals surface area contributed by atoms with Gasteiger partial charge in [-0.25, -0.2) is 0 Å². The molecular weight excluding hydrogens is 230 g/mol. The van der Waals surface area contributed by atoms with Crippen molar-refractivity contribution in [3.05, 3.63) is 39.3 Å². The smallest absolute Gasteiger partial charge is 0.309 e. The van der Waals surface area contributed by atoms with Gasteiger partial charge in [0.25, 0.3) is 5.56 Å². The Hall–Kier alpha value is -1.55. The van der Waals surface area contributed by atoms with Gasteiger partial charge in [-0.1, -0.05) is 23.8 Å². The van der Waals surface area contributed by atoms with E-state index in [2.05, 4.69) is 4.98 Å². The van der Waals surface area contributed by atoms with Crippen molar-refractivity contribution in [2.45, 2.75) is 13.3 Å². The number of hydrogen-bond donors (Lipinski definition) is 1. The highest BCUT2D eigenvalue weighted by molar-refractivity contribution is 6.30. The summed E-state index contributed by atoms with van der Waals surface area (Å²) in [4.78, 5) is 24.4. The van der Waals surface area contributed by atoms with Gasteiger partial charge in [-0.2, -0.15) is 0 Å². The lowest BCUT2D eigenvalue weighted by atomic mass is 10.2. The highest BCUT2D eigenvalue weighted by atomic mass is 35.5. The van der Waals surface area contributed by atoms with Crippen LogP contribution in [-0.2, 0) is 9.53 Å². The van der Waals surface area contributed by atoms with Crippen LogP contribution in [0.2, 0.25) is 5.02 Å². The van der Waals surface area contributed by atoms with Crippen LogP contribution >= 0.6 is 11.6 Å². The molecule has 1 aromatic rings. The SMILES string of the molecule is CCOC(=O)CC=Cc1c[nH]c(=O)c(Cl)c1. The maximum Gasteiger partial charge on any atom is 0.309 e. The first-order chi connectivity index (χ1) is 7.63. The summed E-state index contributed by atoms with van der Waals surface area (Å²) in [6, 6.07) is 1.53. The van der Waals surface area contributed by atoms with Gasteiger partial charge in [-0.3, -0.25) is 9.59 Å². The summed E-state index contributed by atoms with van der Waals surface area (Å²) in [6.07, 6.45) is 5.07. The number of H-pyrrole nitrogens is 1. The summed E-state index contributed by atoms with van der Waals surface area (Å²) in [7, 11) is 0. The Morgan fingerprint density at radius 2 is 2.38 bits per heavy atom. The van der Waals surface area contributed by atoms with Gasteiger partial charge in [0.1, 0.15) is 5.02 Å². The van der Waals surface area contributed by atoms with Gasteiger partial charge in [-0.05, 0) is 18.6 Å². The summed E-state index contributed by atoms with van der Waals surface area (Å²) >= 11 is 5.64. The van der Waals surface area contributed by atoms with Gasteiger partial charge in [0.05, 0.1) is 13.0 Å². The Bertz CT molecular complexity index is 451. The van der Waals surface area contributed by atoms with Gasteiger partial charge in [0.15, 0.2) is 0 Å². The molecule has 0 amide bonds. The summed E-state index contributed by atoms with van der Waals surface area (Å²) < 4.78 is 4.75. The first-order valence-electron chi connectivity index (χ1n) is 4.84. The molecule has 0 aromatic carbocycles. The molecule has 0 saturated heterocycles. The molecule has 0 fully saturated rings. The van der Waals surface area contributed by atoms with Crippen molar-refractivity contribution in [2.24, 2.45) is 0 Å². The third-order valence-electron chi connectivity index (χ3n) is 1.78. The minimum absolute atomic E-state index is 0.123. The molecule has 5 heteroatoms. The van der Waals surface area contributed by atoms with Crippen molar-refractivity contribution in [3.63, 3.8) is 0 Å². The molecule has 0 spiro atoms. The number of halogens is 1. The molecule has 16 heavy (non-hydrogen) atoms. The lowest BCUT2D eigenvalue weighted by Gasteiger charge is -1.97. The van der Waals surface area contributed by atoms with Crippen LogP contribution in [0, 0.1) is 0 Å². The average molecular weight is 242 g/mol. The van der Waals surface area contributed by atoms with Gasteiger partial charge >= 0.3 is 5.97 Å². The fraction of sp³-hybridized carbons (Fsp3) is 0.273. The zero-order valence-corrected chi connectivity index (χ0v) is 9.58. The van der Waals surface area contributed by atoms with Crippen molar-refractivity contribution < 1.29 is 9.53 Å². The molecule has 0 aliphatic carbocycles. The van der Waals surface area contributed by atoms with Crippen LogP contribution in [-0.4, -0.2) is 17.6 Å². The second-order valence-electron chi connectivity index (χ2n) is 3.02. The summed E-state index contributed by atoms with van der Waals surface area (Å²) in [6.45, 7) is 2.13. The molecule has 1 rings (SSSR count). The fourth-order valence-electron chi connectivity index (χ4n) is 1.08. The average Bonchev–Trinajstić information content (AvgIpc) is 2.24. The molecule has 1 heterocycles. The molecule has 0 aliphatic rings. The third kappa shape index (κ3) is 3.90. The van der Waals surface area contributed by atoms with Crippen molar-refractivity contribution in [1.82, 2.24) is 4.98 Å². The zero-order valence-electron chi connectivity index (χ0n) is 8.83. The molecule has 0 bridgehead atoms. The van der Waals surface area contributed by atoms with E-state index < -0.39 is 0 Å². The number of carbonyl (C=O) groups excluding carboxylic acids is 1. The van der Waals surface area contributed by atoms with Gasteiger partial charge in [0, 0.05) is 6.20 Å². The number of ether oxygens (including phenoxy) is 1. The molecular formula is C11H12ClNO3. The van der Waals surface area contributed by atoms with E-state index in [9.17, 15) is 9.59 Å². The monoisotopic (exact) mass is 241 g/mol. The van der Waals surface area contributed by atoms with Crippen LogP contribution in [0.25, 0.3) is 6.08 Å². The zero-order chi connectivity index (χ0) is 12.0. The second kappa shape index (κ2) is 6.12. The molecule has 0 unspecified atom stereocenters. The Morgan fingerprint density at radius 1 is 1.62 bits per heavy atom. The van der Waals surface area contributed by atoms with Crippen LogP contribution < -0.4 is 5.56 Å². The Balaban J connectivity index is 2.59. The normalized spacial score (nSPS) is 10.6. The van der Waals surface area contributed by atoms with E-state index in [1.165, 1.54) is 12.3 Å². The standard InChI is InChI=1S/C11H12ClNO3/c1-2-16-10(14)5-3-4-8-6-9(12)11(15)13-7-8/h3-4,6-7H,2,5H2,1H3,(H,13,15). The van der Waals surface area contributed by atoms with Gasteiger partial charge in [0.2, 0.25) is 0 Å². The molecule has 4 nitrogen and oxygen atoms in total. The second-order valence-corrected chi connectivity index (χ2v) is 3.43. The maximum atomic E-state index is 11.0. The number of aromatic nitrogens is 1. The number of nitrogens with one attached hydrogen (secondary N) is 1. The highest BCUT2D eigenvalue weighted by Crippen LogP contribution is 2.06. The molecule has 86 valence electrons. The van der Waals surface area contributed by atoms with Crippen molar-refractivity contribution in [3.8, 4) is 0 Å². The number of aromatic amines is 1. The van der Waals surface area contributed by atoms with E-state index in [0.717, 1.165) is 5.56 Å². The molecule has 0 saturated carbocycles. The van der Waals surface area contributed by atoms with E-state index in [0.29, 0.717) is 6.61 Å². The van der Waals surface area contributed by atoms with Crippen molar-refractivity contribution in [2.75, 3.05) is 6.61 Å². The van der Waals surface area contributed by atoms with Crippen LogP contribution in [0.3, 0.4) is 0 Å². The maximum absolute atomic E-state index is 11.0. The van der Waals surface area contributed by atoms with Gasteiger partial charge < -0.3 is 9.72 Å². The Labute approximate surface area is 97.9 Å². The summed E-state index contributed by atoms with van der Waals surface area (Å²) in [5, 5.41) is 0.123. The number of carbonyl (C=O) groups is 1. The van der Waals surface area contributed by atoms with E-state index in [4.69, 9.17) is 16.3 Å². The quantitative estimate of drug-likeness (QED) is 0.821. The predicted molar refractivity (Wildman–Crippen MR) is 62.4 cm³/mol. The first-order valence-corrected chi connectivity index (χ1v) is 5.21. The number of esters is 1. The van der Waals surface area contributed by atoms with Crippen LogP contribution in [0.15, 0.2) is 23.1 Å². The summed E-state index contributed by atoms with van der Waals surface area (Å²) in [5.74, 6) is -0.283. The molecule has 0 atom stereocenters. The van der Waals surface area contributed by atoms with Gasteiger partial charge in [-0.15, -0.1) is 0 Å². The van der Waals surface area contributed by atoms with E-state index in [1.807, 2.05) is 0 Å². The van der Waals surface area contributed by atoms with E-state index in [-0.39, 0.29) is 23.0 Å². The Kier molecular flexibility index (Phi) is 4.79. The first kappa shape index (κ1) is 12.5. The summed E-state index contributed by atoms with van der Waals surface area (Å²) in [5.41, 5.74) is 0.401. The molecule has 0 aliphatic heterocycles. The largest absolute Gasteiger partial charge is 0.466 e. The van der Waals surface area contributed by atoms with Crippen LogP contribution in [0.1, 0.15) is 18.9 Å². The van der Waals surface area contributed by atoms with Crippen LogP contribution in [0.5, 0.6) is 0 Å². The number of rotatable bonds is 4. The minimum atomic E-state index is -0.329. The number of hydrogen-bond acceptors (Lipinski definition) is 3. The lowest BCUT2D eigenvalue weighted by Crippen LogP contribution is -2.04. The van der Waals surface area contributed by atoms with Crippen molar-refractivity contribution >= 4 is 23.6 Å². The topological polar surface area (TPSA) is 59.2 Å². The highest BCUT2D eigenvalue weighted by Gasteiger charge is 1.98. The predicted octanol–water partition coefficient (Wildman–Crippen LogP) is 1.99. The van der Waals surface area contributed by atoms with E-state index >= 15 is 0 Å². The minimum Gasteiger partial charge on any atom is -0.466 e. The van der Waals surface area contributed by atoms with Crippen LogP contribution in [0.4, 0.5) is 0 Å². The fourth-order valence-corrected chi connectivity index (χ4v) is 1.26. The van der Waals surface area contributed by atoms with E-state index in [1.54, 1.807) is 19.1 Å².